The number of rotatable bonds is 20. The Morgan fingerprint density at radius 3 is 1.06 bits per heavy atom. The normalized spacial score (nSPS) is 9.83. The van der Waals surface area contributed by atoms with E-state index in [0.717, 1.165) is 52.4 Å². The van der Waals surface area contributed by atoms with Crippen molar-refractivity contribution < 1.29 is 0 Å². The van der Waals surface area contributed by atoms with Gasteiger partial charge in [0.15, 0.2) is 0 Å². The van der Waals surface area contributed by atoms with Gasteiger partial charge in [-0.15, -0.1) is 67.9 Å². The topological polar surface area (TPSA) is 48.1 Å². The molecule has 0 atom stereocenters. The molecule has 0 aliphatic rings. The molecule has 0 aliphatic carbocycles. The minimum absolute atomic E-state index is 0. The van der Waals surface area contributed by atoms with E-state index in [-0.39, 0.29) is 67.9 Å². The molecule has 0 bridgehead atoms. The zero-order valence-corrected chi connectivity index (χ0v) is 27.9. The van der Waals surface area contributed by atoms with E-state index in [1.165, 1.54) is 56.1 Å². The average molecular weight is 748 g/mol. The van der Waals surface area contributed by atoms with Crippen LogP contribution in [0.1, 0.15) is 56.1 Å². The van der Waals surface area contributed by atoms with Crippen molar-refractivity contribution in [3.8, 4) is 0 Å². The summed E-state index contributed by atoms with van der Waals surface area (Å²) in [6.45, 7) is 8.66. The average Bonchev–Trinajstić information content (AvgIpc) is 2.82. The highest BCUT2D eigenvalue weighted by atomic mass is 79.9. The summed E-state index contributed by atoms with van der Waals surface area (Å²) < 4.78 is 0. The minimum atomic E-state index is 0. The fourth-order valence-electron chi connectivity index (χ4n) is 3.61. The van der Waals surface area contributed by atoms with Gasteiger partial charge in [-0.3, -0.25) is 0 Å². The van der Waals surface area contributed by atoms with E-state index >= 15 is 0 Å². The summed E-state index contributed by atoms with van der Waals surface area (Å²) in [5, 5.41) is 14.2. The quantitative estimate of drug-likeness (QED) is 0.113. The molecule has 0 spiro atoms. The molecule has 0 saturated heterocycles. The molecule has 204 valence electrons. The van der Waals surface area contributed by atoms with E-state index in [1.807, 2.05) is 0 Å². The molecule has 8 heteroatoms. The predicted octanol–water partition coefficient (Wildman–Crippen LogP) is 6.79. The number of halogens is 4. The van der Waals surface area contributed by atoms with Crippen molar-refractivity contribution in [1.82, 2.24) is 21.3 Å². The lowest BCUT2D eigenvalue weighted by molar-refractivity contribution is 0.537. The molecule has 2 aromatic rings. The van der Waals surface area contributed by atoms with Crippen LogP contribution in [0.4, 0.5) is 0 Å². The molecule has 2 rings (SSSR count). The van der Waals surface area contributed by atoms with Gasteiger partial charge >= 0.3 is 0 Å². The van der Waals surface area contributed by atoms with Crippen LogP contribution in [0.25, 0.3) is 0 Å². The molecule has 0 aromatic heterocycles. The molecule has 4 nitrogen and oxygen atoms in total. The van der Waals surface area contributed by atoms with E-state index in [2.05, 4.69) is 81.9 Å². The lowest BCUT2D eigenvalue weighted by atomic mass is 10.1. The van der Waals surface area contributed by atoms with Crippen LogP contribution < -0.4 is 21.3 Å². The molecule has 0 fully saturated rings. The van der Waals surface area contributed by atoms with E-state index in [9.17, 15) is 0 Å². The number of hydrogen-bond donors (Lipinski definition) is 4. The van der Waals surface area contributed by atoms with E-state index in [1.54, 1.807) is 0 Å². The summed E-state index contributed by atoms with van der Waals surface area (Å²) in [7, 11) is 0. The van der Waals surface area contributed by atoms with Crippen LogP contribution in [0.5, 0.6) is 0 Å². The van der Waals surface area contributed by atoms with Crippen LogP contribution in [0.2, 0.25) is 0 Å². The van der Waals surface area contributed by atoms with Crippen LogP contribution in [0.3, 0.4) is 0 Å². The number of nitrogens with one attached hydrogen (secondary N) is 4. The summed E-state index contributed by atoms with van der Waals surface area (Å²) in [5.41, 5.74) is 2.73. The van der Waals surface area contributed by atoms with Crippen molar-refractivity contribution in [3.05, 3.63) is 71.8 Å². The summed E-state index contributed by atoms with van der Waals surface area (Å²) in [5.74, 6) is 0. The van der Waals surface area contributed by atoms with Gasteiger partial charge in [-0.2, -0.15) is 0 Å². The number of hydrogen-bond acceptors (Lipinski definition) is 4. The van der Waals surface area contributed by atoms with Crippen molar-refractivity contribution in [3.63, 3.8) is 0 Å². The molecule has 4 N–H and O–H groups in total. The highest BCUT2D eigenvalue weighted by Gasteiger charge is 1.95. The van der Waals surface area contributed by atoms with Crippen LogP contribution in [-0.4, -0.2) is 39.3 Å². The molecule has 0 radical (unpaired) electrons. The molecule has 0 amide bonds. The second kappa shape index (κ2) is 30.4. The molecule has 35 heavy (non-hydrogen) atoms. The number of benzene rings is 2. The van der Waals surface area contributed by atoms with Gasteiger partial charge in [-0.1, -0.05) is 79.9 Å². The van der Waals surface area contributed by atoms with Crippen molar-refractivity contribution in [2.75, 3.05) is 39.3 Å². The fraction of sp³-hybridized carbons (Fsp3) is 0.556. The molecular formula is C27H48Br4N4. The maximum absolute atomic E-state index is 3.57. The first-order valence-corrected chi connectivity index (χ1v) is 12.4. The predicted molar refractivity (Wildman–Crippen MR) is 176 cm³/mol. The maximum atomic E-state index is 3.57. The lowest BCUT2D eigenvalue weighted by Crippen LogP contribution is -2.22. The summed E-state index contributed by atoms with van der Waals surface area (Å²) in [6.07, 6.45) is 9.06. The first-order chi connectivity index (χ1) is 15.4. The van der Waals surface area contributed by atoms with Gasteiger partial charge in [0.2, 0.25) is 0 Å². The van der Waals surface area contributed by atoms with Crippen LogP contribution in [-0.2, 0) is 13.1 Å². The maximum Gasteiger partial charge on any atom is 0.0205 e. The second-order valence-electron chi connectivity index (χ2n) is 8.30. The monoisotopic (exact) mass is 744 g/mol. The van der Waals surface area contributed by atoms with Crippen molar-refractivity contribution in [2.24, 2.45) is 0 Å². The van der Waals surface area contributed by atoms with E-state index < -0.39 is 0 Å². The first-order valence-electron chi connectivity index (χ1n) is 12.4. The van der Waals surface area contributed by atoms with Crippen LogP contribution >= 0.6 is 67.9 Å². The molecule has 0 unspecified atom stereocenters. The van der Waals surface area contributed by atoms with Gasteiger partial charge < -0.3 is 21.3 Å². The highest BCUT2D eigenvalue weighted by Crippen LogP contribution is 2.02. The number of unbranched alkanes of at least 4 members (excludes halogenated alkanes) is 4. The molecular weight excluding hydrogens is 700 g/mol. The first kappa shape index (κ1) is 39.7. The standard InChI is InChI=1S/C27H44N4.4BrH/c1(2-10-18-28-20-12-22-30-24-26-14-6-4-7-15-26)3-11-19-29-21-13-23-31-25-27-16-8-5-9-17-27;;;;/h4-9,14-17,28-31H,1-3,10-13,18-25H2;4*1H. The zero-order valence-electron chi connectivity index (χ0n) is 21.0. The Morgan fingerprint density at radius 1 is 0.343 bits per heavy atom. The Hall–Kier alpha value is 0.200. The smallest absolute Gasteiger partial charge is 0.0205 e. The third kappa shape index (κ3) is 24.3. The Kier molecular flexibility index (Phi) is 34.5. The molecule has 0 heterocycles. The second-order valence-corrected chi connectivity index (χ2v) is 8.30. The molecule has 0 saturated carbocycles. The summed E-state index contributed by atoms with van der Waals surface area (Å²) in [6, 6.07) is 21.2. The molecule has 0 aliphatic heterocycles. The van der Waals surface area contributed by atoms with Crippen molar-refractivity contribution >= 4 is 67.9 Å². The van der Waals surface area contributed by atoms with Gasteiger partial charge in [0.1, 0.15) is 0 Å². The van der Waals surface area contributed by atoms with Gasteiger partial charge in [0, 0.05) is 13.1 Å². The largest absolute Gasteiger partial charge is 0.317 e. The van der Waals surface area contributed by atoms with Crippen LogP contribution in [0, 0.1) is 0 Å². The van der Waals surface area contributed by atoms with Crippen molar-refractivity contribution in [1.29, 1.82) is 0 Å². The Labute approximate surface area is 256 Å². The highest BCUT2D eigenvalue weighted by molar-refractivity contribution is 8.93. The third-order valence-corrected chi connectivity index (χ3v) is 5.47. The zero-order chi connectivity index (χ0) is 21.7. The summed E-state index contributed by atoms with van der Waals surface area (Å²) >= 11 is 0. The minimum Gasteiger partial charge on any atom is -0.317 e. The molecule has 2 aromatic carbocycles. The Morgan fingerprint density at radius 2 is 0.657 bits per heavy atom. The Balaban J connectivity index is -0.00000256. The van der Waals surface area contributed by atoms with Gasteiger partial charge in [-0.25, -0.2) is 0 Å². The van der Waals surface area contributed by atoms with E-state index in [0.29, 0.717) is 0 Å². The van der Waals surface area contributed by atoms with Crippen LogP contribution in [0.15, 0.2) is 60.7 Å². The fourth-order valence-corrected chi connectivity index (χ4v) is 3.61. The Bertz CT molecular complexity index is 580. The SMILES string of the molecule is Br.Br.Br.Br.c1ccc(CNCCCNCCCCCCCNCCCNCc2ccccc2)cc1. The van der Waals surface area contributed by atoms with Gasteiger partial charge in [-0.05, 0) is 76.1 Å². The summed E-state index contributed by atoms with van der Waals surface area (Å²) in [4.78, 5) is 0. The lowest BCUT2D eigenvalue weighted by Gasteiger charge is -2.07. The van der Waals surface area contributed by atoms with Gasteiger partial charge in [0.05, 0.1) is 0 Å². The van der Waals surface area contributed by atoms with Gasteiger partial charge in [0.25, 0.3) is 0 Å². The van der Waals surface area contributed by atoms with Crippen molar-refractivity contribution in [2.45, 2.75) is 58.0 Å². The third-order valence-electron chi connectivity index (χ3n) is 5.47. The van der Waals surface area contributed by atoms with E-state index in [4.69, 9.17) is 0 Å².